The van der Waals surface area contributed by atoms with Crippen molar-refractivity contribution in [2.45, 2.75) is 52.4 Å². The highest BCUT2D eigenvalue weighted by atomic mass is 32.1. The lowest BCUT2D eigenvalue weighted by molar-refractivity contribution is -0.115. The van der Waals surface area contributed by atoms with Crippen molar-refractivity contribution in [1.82, 2.24) is 10.3 Å². The van der Waals surface area contributed by atoms with Crippen molar-refractivity contribution in [3.05, 3.63) is 57.1 Å². The number of amides is 2. The first kappa shape index (κ1) is 23.4. The Morgan fingerprint density at radius 2 is 1.94 bits per heavy atom. The molecule has 2 aromatic heterocycles. The first-order valence-corrected chi connectivity index (χ1v) is 12.4. The first-order valence-electron chi connectivity index (χ1n) is 11.6. The fourth-order valence-corrected chi connectivity index (χ4v) is 5.87. The van der Waals surface area contributed by atoms with Crippen LogP contribution in [0.4, 0.5) is 5.00 Å². The predicted molar refractivity (Wildman–Crippen MR) is 133 cm³/mol. The minimum atomic E-state index is -0.120. The number of carbonyl (C=O) groups excluding carboxylic acids is 2. The van der Waals surface area contributed by atoms with E-state index in [0.29, 0.717) is 23.7 Å². The number of pyridine rings is 1. The van der Waals surface area contributed by atoms with E-state index >= 15 is 0 Å². The Hall–Kier alpha value is -2.77. The monoisotopic (exact) mass is 465 g/mol. The van der Waals surface area contributed by atoms with Crippen LogP contribution in [0.1, 0.15) is 56.9 Å². The molecule has 1 aliphatic rings. The highest BCUT2D eigenvalue weighted by Gasteiger charge is 2.26. The van der Waals surface area contributed by atoms with Gasteiger partial charge in [-0.05, 0) is 68.7 Å². The van der Waals surface area contributed by atoms with Gasteiger partial charge in [0.15, 0.2) is 0 Å². The molecule has 0 fully saturated rings. The molecule has 7 heteroatoms. The third-order valence-corrected chi connectivity index (χ3v) is 7.49. The number of fused-ring (bicyclic) bond motifs is 2. The van der Waals surface area contributed by atoms with Crippen molar-refractivity contribution in [3.8, 4) is 0 Å². The molecular weight excluding hydrogens is 434 g/mol. The van der Waals surface area contributed by atoms with Crippen LogP contribution in [0.25, 0.3) is 10.9 Å². The maximum atomic E-state index is 13.1. The molecule has 2 amide bonds. The number of thiophene rings is 1. The third kappa shape index (κ3) is 5.09. The van der Waals surface area contributed by atoms with Gasteiger partial charge in [-0.2, -0.15) is 0 Å². The second-order valence-corrected chi connectivity index (χ2v) is 9.67. The van der Waals surface area contributed by atoms with Gasteiger partial charge in [-0.1, -0.05) is 18.2 Å². The zero-order valence-corrected chi connectivity index (χ0v) is 20.4. The van der Waals surface area contributed by atoms with E-state index in [1.165, 1.54) is 4.88 Å². The molecule has 0 aliphatic heterocycles. The van der Waals surface area contributed by atoms with Gasteiger partial charge in [0.1, 0.15) is 5.00 Å². The Morgan fingerprint density at radius 1 is 1.15 bits per heavy atom. The second-order valence-electron chi connectivity index (χ2n) is 8.56. The Bertz CT molecular complexity index is 1190. The van der Waals surface area contributed by atoms with E-state index in [1.807, 2.05) is 38.1 Å². The van der Waals surface area contributed by atoms with Crippen LogP contribution in [-0.2, 0) is 28.8 Å². The van der Waals surface area contributed by atoms with Gasteiger partial charge in [0.05, 0.1) is 17.5 Å². The molecule has 4 rings (SSSR count). The quantitative estimate of drug-likeness (QED) is 0.471. The summed E-state index contributed by atoms with van der Waals surface area (Å²) in [6.07, 6.45) is 5.03. The molecule has 2 heterocycles. The average Bonchev–Trinajstić information content (AvgIpc) is 3.17. The van der Waals surface area contributed by atoms with Crippen LogP contribution in [0.15, 0.2) is 24.3 Å². The number of nitrogens with one attached hydrogen (secondary N) is 2. The Balaban J connectivity index is 1.56. The van der Waals surface area contributed by atoms with E-state index in [2.05, 4.69) is 10.6 Å². The normalized spacial score (nSPS) is 13.1. The number of benzene rings is 1. The topological polar surface area (TPSA) is 80.3 Å². The molecule has 0 unspecified atom stereocenters. The minimum Gasteiger partial charge on any atom is -0.385 e. The molecule has 3 aromatic rings. The zero-order chi connectivity index (χ0) is 23.4. The van der Waals surface area contributed by atoms with Gasteiger partial charge in [-0.15, -0.1) is 11.3 Å². The lowest BCUT2D eigenvalue weighted by Gasteiger charge is -2.14. The van der Waals surface area contributed by atoms with E-state index in [4.69, 9.17) is 9.72 Å². The molecule has 0 spiro atoms. The maximum absolute atomic E-state index is 13.1. The molecule has 0 saturated heterocycles. The van der Waals surface area contributed by atoms with Gasteiger partial charge in [0.25, 0.3) is 5.91 Å². The van der Waals surface area contributed by atoms with Crippen LogP contribution < -0.4 is 10.6 Å². The Morgan fingerprint density at radius 3 is 2.76 bits per heavy atom. The number of rotatable bonds is 8. The molecule has 174 valence electrons. The summed E-state index contributed by atoms with van der Waals surface area (Å²) in [5, 5.41) is 7.80. The molecule has 0 atom stereocenters. The first-order chi connectivity index (χ1) is 16.0. The van der Waals surface area contributed by atoms with Crippen molar-refractivity contribution in [2.24, 2.45) is 0 Å². The van der Waals surface area contributed by atoms with E-state index in [9.17, 15) is 9.59 Å². The number of para-hydroxylation sites is 1. The number of anilines is 1. The molecule has 2 N–H and O–H groups in total. The predicted octanol–water partition coefficient (Wildman–Crippen LogP) is 4.74. The Kier molecular flexibility index (Phi) is 7.40. The molecule has 0 radical (unpaired) electrons. The van der Waals surface area contributed by atoms with Crippen LogP contribution in [0.2, 0.25) is 0 Å². The van der Waals surface area contributed by atoms with Crippen molar-refractivity contribution in [2.75, 3.05) is 25.6 Å². The number of aryl methyl sites for hydroxylation is 3. The highest BCUT2D eigenvalue weighted by Crippen LogP contribution is 2.38. The SMILES string of the molecule is COCCCNC(=O)c1c(NC(=O)Cc2c(C)nc3ccccc3c2C)sc2c1CCCC2. The summed E-state index contributed by atoms with van der Waals surface area (Å²) < 4.78 is 5.07. The molecule has 1 aromatic carbocycles. The number of hydrogen-bond donors (Lipinski definition) is 2. The van der Waals surface area contributed by atoms with Crippen molar-refractivity contribution in [3.63, 3.8) is 0 Å². The minimum absolute atomic E-state index is 0.111. The van der Waals surface area contributed by atoms with E-state index in [1.54, 1.807) is 18.4 Å². The van der Waals surface area contributed by atoms with Crippen LogP contribution in [0.3, 0.4) is 0 Å². The van der Waals surface area contributed by atoms with E-state index in [0.717, 1.165) is 65.4 Å². The summed E-state index contributed by atoms with van der Waals surface area (Å²) in [6.45, 7) is 5.14. The summed E-state index contributed by atoms with van der Waals surface area (Å²) in [5.74, 6) is -0.231. The number of hydrogen-bond acceptors (Lipinski definition) is 5. The number of ether oxygens (including phenoxy) is 1. The molecular formula is C26H31N3O3S. The summed E-state index contributed by atoms with van der Waals surface area (Å²) in [4.78, 5) is 32.1. The second kappa shape index (κ2) is 10.4. The van der Waals surface area contributed by atoms with Crippen LogP contribution in [0.5, 0.6) is 0 Å². The molecule has 0 saturated carbocycles. The summed E-state index contributed by atoms with van der Waals surface area (Å²) >= 11 is 1.55. The summed E-state index contributed by atoms with van der Waals surface area (Å²) in [6, 6.07) is 8.00. The van der Waals surface area contributed by atoms with Crippen LogP contribution in [0, 0.1) is 13.8 Å². The van der Waals surface area contributed by atoms with E-state index in [-0.39, 0.29) is 18.2 Å². The van der Waals surface area contributed by atoms with Gasteiger partial charge in [-0.3, -0.25) is 14.6 Å². The smallest absolute Gasteiger partial charge is 0.254 e. The number of carbonyl (C=O) groups is 2. The molecule has 33 heavy (non-hydrogen) atoms. The van der Waals surface area contributed by atoms with Gasteiger partial charge in [0, 0.05) is 36.2 Å². The number of methoxy groups -OCH3 is 1. The van der Waals surface area contributed by atoms with Gasteiger partial charge in [0.2, 0.25) is 5.91 Å². The Labute approximate surface area is 198 Å². The lowest BCUT2D eigenvalue weighted by Crippen LogP contribution is -2.27. The van der Waals surface area contributed by atoms with Crippen molar-refractivity contribution in [1.29, 1.82) is 0 Å². The van der Waals surface area contributed by atoms with Crippen LogP contribution in [-0.4, -0.2) is 37.1 Å². The lowest BCUT2D eigenvalue weighted by atomic mass is 9.95. The average molecular weight is 466 g/mol. The van der Waals surface area contributed by atoms with Crippen LogP contribution >= 0.6 is 11.3 Å². The third-order valence-electron chi connectivity index (χ3n) is 6.29. The summed E-state index contributed by atoms with van der Waals surface area (Å²) in [7, 11) is 1.65. The number of aromatic nitrogens is 1. The standard InChI is InChI=1S/C26H31N3O3S/c1-16-18-9-4-6-11-21(18)28-17(2)20(16)15-23(30)29-26-24(25(31)27-13-8-14-32-3)19-10-5-7-12-22(19)33-26/h4,6,9,11H,5,7-8,10,12-15H2,1-3H3,(H,27,31)(H,29,30). The molecule has 0 bridgehead atoms. The van der Waals surface area contributed by atoms with Crippen molar-refractivity contribution < 1.29 is 14.3 Å². The van der Waals surface area contributed by atoms with Gasteiger partial charge >= 0.3 is 0 Å². The largest absolute Gasteiger partial charge is 0.385 e. The fourth-order valence-electron chi connectivity index (χ4n) is 4.56. The van der Waals surface area contributed by atoms with Gasteiger partial charge in [-0.25, -0.2) is 0 Å². The maximum Gasteiger partial charge on any atom is 0.254 e. The summed E-state index contributed by atoms with van der Waals surface area (Å²) in [5.41, 5.74) is 5.57. The number of nitrogens with zero attached hydrogens (tertiary/aromatic N) is 1. The van der Waals surface area contributed by atoms with Gasteiger partial charge < -0.3 is 15.4 Å². The molecule has 1 aliphatic carbocycles. The fraction of sp³-hybridized carbons (Fsp3) is 0.423. The zero-order valence-electron chi connectivity index (χ0n) is 19.5. The van der Waals surface area contributed by atoms with Crippen molar-refractivity contribution >= 4 is 39.1 Å². The molecule has 6 nitrogen and oxygen atoms in total. The van der Waals surface area contributed by atoms with E-state index < -0.39 is 0 Å². The highest BCUT2D eigenvalue weighted by molar-refractivity contribution is 7.17.